The van der Waals surface area contributed by atoms with Crippen LogP contribution in [0.3, 0.4) is 0 Å². The third kappa shape index (κ3) is 3.18. The lowest BCUT2D eigenvalue weighted by Crippen LogP contribution is -2.49. The summed E-state index contributed by atoms with van der Waals surface area (Å²) < 4.78 is 75.9. The van der Waals surface area contributed by atoms with E-state index in [0.29, 0.717) is 12.1 Å². The lowest BCUT2D eigenvalue weighted by atomic mass is 9.91. The van der Waals surface area contributed by atoms with Crippen molar-refractivity contribution in [2.24, 2.45) is 0 Å². The van der Waals surface area contributed by atoms with Crippen LogP contribution in [0.2, 0.25) is 0 Å². The van der Waals surface area contributed by atoms with Crippen molar-refractivity contribution >= 4 is 17.4 Å². The molecule has 1 aliphatic rings. The molecule has 0 aliphatic heterocycles. The summed E-state index contributed by atoms with van der Waals surface area (Å²) in [6, 6.07) is 3.20. The van der Waals surface area contributed by atoms with E-state index in [9.17, 15) is 35.9 Å². The van der Waals surface area contributed by atoms with Gasteiger partial charge >= 0.3 is 13.8 Å². The molecule has 1 atom stereocenters. The van der Waals surface area contributed by atoms with Gasteiger partial charge < -0.3 is 9.79 Å². The predicted octanol–water partition coefficient (Wildman–Crippen LogP) is 1.95. The van der Waals surface area contributed by atoms with E-state index in [0.717, 1.165) is 35.7 Å². The molecule has 8 nitrogen and oxygen atoms in total. The molecular formula is C15H17F3N3O5PS. The van der Waals surface area contributed by atoms with E-state index in [1.54, 1.807) is 0 Å². The van der Waals surface area contributed by atoms with Crippen molar-refractivity contribution in [2.75, 3.05) is 6.26 Å². The molecule has 154 valence electrons. The highest BCUT2D eigenvalue weighted by Gasteiger charge is 2.73. The van der Waals surface area contributed by atoms with Crippen LogP contribution in [0.15, 0.2) is 36.9 Å². The maximum atomic E-state index is 12.9. The van der Waals surface area contributed by atoms with Crippen LogP contribution in [0.4, 0.5) is 13.2 Å². The number of sulfone groups is 1. The first kappa shape index (κ1) is 21.0. The highest BCUT2D eigenvalue weighted by Crippen LogP contribution is 2.72. The molecule has 13 heteroatoms. The van der Waals surface area contributed by atoms with Crippen LogP contribution in [0.25, 0.3) is 0 Å². The summed E-state index contributed by atoms with van der Waals surface area (Å²) in [4.78, 5) is 24.3. The van der Waals surface area contributed by atoms with Crippen molar-refractivity contribution in [2.45, 2.75) is 35.5 Å². The Balaban J connectivity index is 2.29. The third-order valence-electron chi connectivity index (χ3n) is 5.21. The van der Waals surface area contributed by atoms with Crippen LogP contribution in [0, 0.1) is 0 Å². The van der Waals surface area contributed by atoms with Gasteiger partial charge in [0.1, 0.15) is 17.8 Å². The maximum Gasteiger partial charge on any atom is 0.416 e. The van der Waals surface area contributed by atoms with Crippen LogP contribution >= 0.6 is 7.60 Å². The summed E-state index contributed by atoms with van der Waals surface area (Å²) >= 11 is 0. The molecule has 1 unspecified atom stereocenters. The van der Waals surface area contributed by atoms with Crippen molar-refractivity contribution < 1.29 is 35.9 Å². The van der Waals surface area contributed by atoms with Crippen LogP contribution in [-0.4, -0.2) is 44.0 Å². The number of aromatic nitrogens is 3. The Hall–Kier alpha value is -1.75. The molecule has 28 heavy (non-hydrogen) atoms. The van der Waals surface area contributed by atoms with Crippen LogP contribution in [-0.2, 0) is 32.3 Å². The SMILES string of the molecule is CS(=O)(=O)C1(C(Cn2cncn2)(c2ccc(C(F)(F)F)cc2)P(=O)(O)O)CC1. The van der Waals surface area contributed by atoms with E-state index in [1.807, 2.05) is 0 Å². The average Bonchev–Trinajstić information content (AvgIpc) is 3.22. The van der Waals surface area contributed by atoms with E-state index < -0.39 is 45.6 Å². The lowest BCUT2D eigenvalue weighted by Gasteiger charge is -2.40. The van der Waals surface area contributed by atoms with Gasteiger partial charge in [0.15, 0.2) is 9.84 Å². The van der Waals surface area contributed by atoms with Gasteiger partial charge in [0, 0.05) is 6.26 Å². The summed E-state index contributed by atoms with van der Waals surface area (Å²) in [6.07, 6.45) is -1.58. The van der Waals surface area contributed by atoms with Gasteiger partial charge in [0.25, 0.3) is 0 Å². The van der Waals surface area contributed by atoms with Gasteiger partial charge in [-0.25, -0.2) is 13.4 Å². The van der Waals surface area contributed by atoms with Crippen molar-refractivity contribution in [3.05, 3.63) is 48.0 Å². The molecule has 0 radical (unpaired) electrons. The van der Waals surface area contributed by atoms with Gasteiger partial charge in [0.05, 0.1) is 16.9 Å². The predicted molar refractivity (Wildman–Crippen MR) is 92.0 cm³/mol. The Morgan fingerprint density at radius 2 is 1.71 bits per heavy atom. The monoisotopic (exact) mass is 439 g/mol. The fraction of sp³-hybridized carbons (Fsp3) is 0.467. The summed E-state index contributed by atoms with van der Waals surface area (Å²) in [5, 5.41) is 1.49. The van der Waals surface area contributed by atoms with E-state index in [2.05, 4.69) is 10.1 Å². The second-order valence-corrected chi connectivity index (χ2v) is 11.0. The summed E-state index contributed by atoms with van der Waals surface area (Å²) in [6.45, 7) is -0.560. The molecule has 0 bridgehead atoms. The quantitative estimate of drug-likeness (QED) is 0.660. The zero-order chi connectivity index (χ0) is 21.0. The minimum absolute atomic E-state index is 0.0351. The first-order valence-corrected chi connectivity index (χ1v) is 11.5. The molecule has 0 spiro atoms. The topological polar surface area (TPSA) is 122 Å². The minimum atomic E-state index is -5.23. The molecule has 2 N–H and O–H groups in total. The van der Waals surface area contributed by atoms with E-state index in [1.165, 1.54) is 0 Å². The van der Waals surface area contributed by atoms with Crippen molar-refractivity contribution in [1.82, 2.24) is 14.8 Å². The van der Waals surface area contributed by atoms with E-state index in [-0.39, 0.29) is 18.4 Å². The molecular weight excluding hydrogens is 422 g/mol. The third-order valence-corrected chi connectivity index (χ3v) is 9.36. The normalized spacial score (nSPS) is 19.2. The number of halogens is 3. The van der Waals surface area contributed by atoms with Gasteiger partial charge in [-0.3, -0.25) is 9.25 Å². The molecule has 1 aromatic carbocycles. The Kier molecular flexibility index (Phi) is 4.78. The molecule has 1 aliphatic carbocycles. The van der Waals surface area contributed by atoms with Crippen molar-refractivity contribution in [3.8, 4) is 0 Å². The van der Waals surface area contributed by atoms with E-state index in [4.69, 9.17) is 0 Å². The van der Waals surface area contributed by atoms with Crippen LogP contribution in [0.5, 0.6) is 0 Å². The molecule has 2 aromatic rings. The highest BCUT2D eigenvalue weighted by atomic mass is 32.2. The number of nitrogens with zero attached hydrogens (tertiary/aromatic N) is 3. The van der Waals surface area contributed by atoms with Gasteiger partial charge in [-0.1, -0.05) is 12.1 Å². The van der Waals surface area contributed by atoms with Gasteiger partial charge in [0.2, 0.25) is 0 Å². The molecule has 0 amide bonds. The Morgan fingerprint density at radius 3 is 2.07 bits per heavy atom. The highest BCUT2D eigenvalue weighted by molar-refractivity contribution is 7.92. The van der Waals surface area contributed by atoms with E-state index >= 15 is 0 Å². The van der Waals surface area contributed by atoms with Crippen molar-refractivity contribution in [1.29, 1.82) is 0 Å². The summed E-state index contributed by atoms with van der Waals surface area (Å²) in [5.74, 6) is 0. The molecule has 1 aromatic heterocycles. The van der Waals surface area contributed by atoms with Crippen molar-refractivity contribution in [3.63, 3.8) is 0 Å². The van der Waals surface area contributed by atoms with Gasteiger partial charge in [-0.15, -0.1) is 0 Å². The number of hydrogen-bond acceptors (Lipinski definition) is 5. The summed E-state index contributed by atoms with van der Waals surface area (Å²) in [7, 11) is -9.23. The Morgan fingerprint density at radius 1 is 1.18 bits per heavy atom. The molecule has 1 saturated carbocycles. The molecule has 1 heterocycles. The molecule has 0 saturated heterocycles. The Labute approximate surface area is 158 Å². The average molecular weight is 439 g/mol. The molecule has 3 rings (SSSR count). The fourth-order valence-corrected chi connectivity index (χ4v) is 7.78. The van der Waals surface area contributed by atoms with Crippen LogP contribution in [0.1, 0.15) is 24.0 Å². The smallest absolute Gasteiger partial charge is 0.324 e. The first-order valence-electron chi connectivity index (χ1n) is 8.00. The fourth-order valence-electron chi connectivity index (χ4n) is 3.71. The zero-order valence-corrected chi connectivity index (χ0v) is 16.2. The maximum absolute atomic E-state index is 12.9. The van der Waals surface area contributed by atoms with Gasteiger partial charge in [-0.05, 0) is 30.5 Å². The number of rotatable bonds is 6. The largest absolute Gasteiger partial charge is 0.416 e. The number of benzene rings is 1. The van der Waals surface area contributed by atoms with Gasteiger partial charge in [-0.2, -0.15) is 18.3 Å². The number of alkyl halides is 3. The lowest BCUT2D eigenvalue weighted by molar-refractivity contribution is -0.137. The first-order chi connectivity index (χ1) is 12.7. The minimum Gasteiger partial charge on any atom is -0.324 e. The second-order valence-electron chi connectivity index (χ2n) is 6.84. The summed E-state index contributed by atoms with van der Waals surface area (Å²) in [5.41, 5.74) is -1.21. The standard InChI is InChI=1S/C15H17F3N3O5PS/c1-28(25,26)13(6-7-13)14(27(22,23)24,8-21-10-19-9-20-21)11-2-4-12(5-3-11)15(16,17)18/h2-5,9-10H,6-8H2,1H3,(H2,22,23,24). The van der Waals surface area contributed by atoms with Crippen LogP contribution < -0.4 is 0 Å². The zero-order valence-electron chi connectivity index (χ0n) is 14.5. The Bertz CT molecular complexity index is 1010. The second kappa shape index (κ2) is 6.38. The number of hydrogen-bond donors (Lipinski definition) is 2. The molecule has 1 fully saturated rings.